The summed E-state index contributed by atoms with van der Waals surface area (Å²) in [7, 11) is 0. The van der Waals surface area contributed by atoms with Crippen LogP contribution in [0.15, 0.2) is 29.2 Å². The van der Waals surface area contributed by atoms with E-state index in [0.717, 1.165) is 44.0 Å². The summed E-state index contributed by atoms with van der Waals surface area (Å²) >= 11 is 0. The second-order valence-electron chi connectivity index (χ2n) is 9.12. The topological polar surface area (TPSA) is 65.2 Å². The second-order valence-corrected chi connectivity index (χ2v) is 9.12. The monoisotopic (exact) mass is 473 g/mol. The molecule has 5 nitrogen and oxygen atoms in total. The fourth-order valence-electron chi connectivity index (χ4n) is 5.86. The van der Waals surface area contributed by atoms with E-state index < -0.39 is 58.2 Å². The zero-order valence-corrected chi connectivity index (χ0v) is 17.3. The number of hydrogen-bond donors (Lipinski definition) is 2. The van der Waals surface area contributed by atoms with Gasteiger partial charge in [-0.3, -0.25) is 14.5 Å². The highest BCUT2D eigenvalue weighted by atomic mass is 19.4. The molecule has 2 aliphatic heterocycles. The fraction of sp³-hybridized carbons (Fsp3) is 0.545. The van der Waals surface area contributed by atoms with E-state index in [9.17, 15) is 35.9 Å². The number of amides is 1. The summed E-state index contributed by atoms with van der Waals surface area (Å²) in [5, 5.41) is 1.63. The number of halogens is 6. The Hall–Kier alpha value is -2.56. The number of fused-ring (bicyclic) bond motifs is 3. The van der Waals surface area contributed by atoms with Gasteiger partial charge < -0.3 is 10.3 Å². The van der Waals surface area contributed by atoms with Gasteiger partial charge in [0, 0.05) is 29.8 Å². The summed E-state index contributed by atoms with van der Waals surface area (Å²) in [5.41, 5.74) is -3.14. The SMILES string of the molecule is O=C(NC1C(C(F)(F)F)C[C@H]1N1C2CCC1CC2)c1c[nH]c2cccc(C(F)(F)F)c2c1=O. The minimum Gasteiger partial charge on any atom is -0.360 e. The molecule has 1 aromatic heterocycles. The van der Waals surface area contributed by atoms with Gasteiger partial charge in [-0.25, -0.2) is 0 Å². The molecule has 3 atom stereocenters. The third kappa shape index (κ3) is 3.60. The molecule has 3 heterocycles. The molecule has 1 aliphatic carbocycles. The Morgan fingerprint density at radius 3 is 2.24 bits per heavy atom. The Kier molecular flexibility index (Phi) is 5.04. The van der Waals surface area contributed by atoms with Gasteiger partial charge in [0.1, 0.15) is 5.56 Å². The molecule has 2 aromatic rings. The molecule has 1 amide bonds. The highest BCUT2D eigenvalue weighted by Gasteiger charge is 2.60. The van der Waals surface area contributed by atoms with Crippen LogP contribution in [-0.4, -0.2) is 46.1 Å². The van der Waals surface area contributed by atoms with Gasteiger partial charge in [0.05, 0.1) is 22.9 Å². The number of nitrogens with zero attached hydrogens (tertiary/aromatic N) is 1. The van der Waals surface area contributed by atoms with E-state index in [-0.39, 0.29) is 24.0 Å². The Balaban J connectivity index is 1.47. The summed E-state index contributed by atoms with van der Waals surface area (Å²) in [6, 6.07) is 1.72. The molecule has 1 saturated carbocycles. The lowest BCUT2D eigenvalue weighted by atomic mass is 9.72. The number of hydrogen-bond acceptors (Lipinski definition) is 3. The normalized spacial score (nSPS) is 29.9. The number of H-pyrrole nitrogens is 1. The summed E-state index contributed by atoms with van der Waals surface area (Å²) in [6.45, 7) is 0. The molecular formula is C22H21F6N3O2. The first-order chi connectivity index (χ1) is 15.5. The van der Waals surface area contributed by atoms with Crippen LogP contribution in [-0.2, 0) is 6.18 Å². The Bertz CT molecular complexity index is 1140. The van der Waals surface area contributed by atoms with E-state index in [1.54, 1.807) is 0 Å². The number of carbonyl (C=O) groups is 1. The minimum atomic E-state index is -4.84. The number of carbonyl (C=O) groups excluding carboxylic acids is 1. The van der Waals surface area contributed by atoms with Gasteiger partial charge in [0.2, 0.25) is 5.43 Å². The molecule has 2 unspecified atom stereocenters. The lowest BCUT2D eigenvalue weighted by molar-refractivity contribution is -0.218. The summed E-state index contributed by atoms with van der Waals surface area (Å²) < 4.78 is 81.0. The summed E-state index contributed by atoms with van der Waals surface area (Å²) in [5.74, 6) is -2.87. The van der Waals surface area contributed by atoms with Gasteiger partial charge in [0.15, 0.2) is 0 Å². The van der Waals surface area contributed by atoms with E-state index >= 15 is 0 Å². The molecule has 11 heteroatoms. The van der Waals surface area contributed by atoms with Gasteiger partial charge in [-0.05, 0) is 44.2 Å². The van der Waals surface area contributed by atoms with Gasteiger partial charge in [-0.1, -0.05) is 6.07 Å². The van der Waals surface area contributed by atoms with Gasteiger partial charge in [0.25, 0.3) is 5.91 Å². The standard InChI is InChI=1S/C22H21F6N3O2/c23-21(24,25)13-2-1-3-15-17(13)19(32)12(9-29-15)20(33)30-18-14(22(26,27)28)8-16(18)31-10-4-5-11(31)7-6-10/h1-3,9-11,14,16,18H,4-8H2,(H,29,32)(H,30,33)/t10?,11?,14?,16-,18?/m1/s1. The molecule has 178 valence electrons. The van der Waals surface area contributed by atoms with Crippen molar-refractivity contribution in [3.63, 3.8) is 0 Å². The molecule has 2 saturated heterocycles. The number of pyridine rings is 1. The van der Waals surface area contributed by atoms with E-state index in [1.807, 2.05) is 0 Å². The van der Waals surface area contributed by atoms with Crippen LogP contribution in [0.5, 0.6) is 0 Å². The number of benzene rings is 1. The molecular weight excluding hydrogens is 452 g/mol. The van der Waals surface area contributed by atoms with Crippen molar-refractivity contribution in [3.8, 4) is 0 Å². The van der Waals surface area contributed by atoms with E-state index in [4.69, 9.17) is 0 Å². The molecule has 33 heavy (non-hydrogen) atoms. The predicted octanol–water partition coefficient (Wildman–Crippen LogP) is 4.22. The first-order valence-corrected chi connectivity index (χ1v) is 10.8. The van der Waals surface area contributed by atoms with Crippen molar-refractivity contribution >= 4 is 16.8 Å². The maximum atomic E-state index is 13.6. The molecule has 5 rings (SSSR count). The highest BCUT2D eigenvalue weighted by molar-refractivity contribution is 5.98. The van der Waals surface area contributed by atoms with Crippen LogP contribution < -0.4 is 10.7 Å². The van der Waals surface area contributed by atoms with Crippen molar-refractivity contribution in [3.05, 3.63) is 45.7 Å². The fourth-order valence-corrected chi connectivity index (χ4v) is 5.86. The van der Waals surface area contributed by atoms with Crippen LogP contribution in [0.3, 0.4) is 0 Å². The van der Waals surface area contributed by atoms with E-state index in [1.165, 1.54) is 6.07 Å². The molecule has 0 spiro atoms. The molecule has 2 bridgehead atoms. The van der Waals surface area contributed by atoms with Crippen molar-refractivity contribution in [1.82, 2.24) is 15.2 Å². The van der Waals surface area contributed by atoms with Crippen LogP contribution in [0.4, 0.5) is 26.3 Å². The first kappa shape index (κ1) is 22.2. The molecule has 2 N–H and O–H groups in total. The number of aromatic nitrogens is 1. The quantitative estimate of drug-likeness (QED) is 0.657. The van der Waals surface area contributed by atoms with Crippen LogP contribution in [0.2, 0.25) is 0 Å². The molecule has 3 fully saturated rings. The van der Waals surface area contributed by atoms with Gasteiger partial charge >= 0.3 is 12.4 Å². The highest BCUT2D eigenvalue weighted by Crippen LogP contribution is 2.49. The van der Waals surface area contributed by atoms with Crippen molar-refractivity contribution < 1.29 is 31.1 Å². The molecule has 3 aliphatic rings. The Morgan fingerprint density at radius 1 is 1.03 bits per heavy atom. The number of rotatable bonds is 3. The third-order valence-corrected chi connectivity index (χ3v) is 7.41. The maximum Gasteiger partial charge on any atom is 0.417 e. The minimum absolute atomic E-state index is 0.116. The largest absolute Gasteiger partial charge is 0.417 e. The Morgan fingerprint density at radius 2 is 1.67 bits per heavy atom. The van der Waals surface area contributed by atoms with Crippen molar-refractivity contribution in [1.29, 1.82) is 0 Å². The van der Waals surface area contributed by atoms with Crippen molar-refractivity contribution in [2.24, 2.45) is 5.92 Å². The van der Waals surface area contributed by atoms with Crippen LogP contribution in [0.25, 0.3) is 10.9 Å². The van der Waals surface area contributed by atoms with Crippen LogP contribution >= 0.6 is 0 Å². The summed E-state index contributed by atoms with van der Waals surface area (Å²) in [4.78, 5) is 30.3. The zero-order valence-electron chi connectivity index (χ0n) is 17.3. The van der Waals surface area contributed by atoms with E-state index in [2.05, 4.69) is 15.2 Å². The van der Waals surface area contributed by atoms with Crippen LogP contribution in [0, 0.1) is 5.92 Å². The van der Waals surface area contributed by atoms with Gasteiger partial charge in [-0.2, -0.15) is 26.3 Å². The van der Waals surface area contributed by atoms with Crippen LogP contribution in [0.1, 0.15) is 48.0 Å². The van der Waals surface area contributed by atoms with Crippen molar-refractivity contribution in [2.75, 3.05) is 0 Å². The number of alkyl halides is 6. The Labute approximate surface area is 184 Å². The lowest BCUT2D eigenvalue weighted by Crippen LogP contribution is -2.67. The van der Waals surface area contributed by atoms with E-state index in [0.29, 0.717) is 0 Å². The van der Waals surface area contributed by atoms with Crippen molar-refractivity contribution in [2.45, 2.75) is 68.6 Å². The third-order valence-electron chi connectivity index (χ3n) is 7.41. The number of aromatic amines is 1. The average molecular weight is 473 g/mol. The lowest BCUT2D eigenvalue weighted by Gasteiger charge is -2.51. The number of nitrogens with one attached hydrogen (secondary N) is 2. The summed E-state index contributed by atoms with van der Waals surface area (Å²) in [6.07, 6.45) is -4.94. The second kappa shape index (κ2) is 7.48. The average Bonchev–Trinajstić information content (AvgIpc) is 3.29. The molecule has 1 aromatic carbocycles. The van der Waals surface area contributed by atoms with Gasteiger partial charge in [-0.15, -0.1) is 0 Å². The maximum absolute atomic E-state index is 13.6. The first-order valence-electron chi connectivity index (χ1n) is 10.8. The molecule has 0 radical (unpaired) electrons. The predicted molar refractivity (Wildman–Crippen MR) is 107 cm³/mol. The smallest absolute Gasteiger partial charge is 0.360 e. The zero-order chi connectivity index (χ0) is 23.7.